The lowest BCUT2D eigenvalue weighted by Crippen LogP contribution is -1.97. The molecule has 0 spiro atoms. The van der Waals surface area contributed by atoms with Crippen molar-refractivity contribution >= 4 is 54.4 Å². The Hall–Kier alpha value is -5.94. The van der Waals surface area contributed by atoms with Gasteiger partial charge < -0.3 is 4.57 Å². The Morgan fingerprint density at radius 3 is 2.12 bits per heavy atom. The van der Waals surface area contributed by atoms with E-state index in [0.29, 0.717) is 0 Å². The molecule has 5 heterocycles. The van der Waals surface area contributed by atoms with Gasteiger partial charge >= 0.3 is 0 Å². The molecule has 0 unspecified atom stereocenters. The fourth-order valence-electron chi connectivity index (χ4n) is 6.42. The maximum absolute atomic E-state index is 4.86. The molecule has 0 aliphatic carbocycles. The predicted molar refractivity (Wildman–Crippen MR) is 175 cm³/mol. The first-order valence-corrected chi connectivity index (χ1v) is 14.3. The number of nitrogens with zero attached hydrogens (tertiary/aromatic N) is 5. The van der Waals surface area contributed by atoms with E-state index in [0.717, 1.165) is 60.9 Å². The van der Waals surface area contributed by atoms with Gasteiger partial charge in [-0.3, -0.25) is 19.9 Å². The monoisotopic (exact) mass is 549 g/mol. The standard InChI is InChI=1S/C38H23N5/c1-2-9-29-24(6-1)12-16-34-36(29)31-20-25(32-14-11-28(23-42-32)27-8-3-17-39-22-27)13-15-33(31)43(34)35-21-26-7-4-18-40-37(26)38-30(35)10-5-19-41-38/h1-23H. The van der Waals surface area contributed by atoms with Gasteiger partial charge in [0.05, 0.1) is 33.4 Å². The van der Waals surface area contributed by atoms with Gasteiger partial charge in [0.25, 0.3) is 0 Å². The number of benzene rings is 4. The van der Waals surface area contributed by atoms with Crippen LogP contribution >= 0.6 is 0 Å². The first-order valence-electron chi connectivity index (χ1n) is 14.3. The SMILES string of the molecule is c1cncc(-c2ccc(-c3ccc4c(c3)c3c5ccccc5ccc3n4-c3cc4cccnc4c4ncccc34)nc2)c1. The number of fused-ring (bicyclic) bond motifs is 8. The summed E-state index contributed by atoms with van der Waals surface area (Å²) in [5.74, 6) is 0. The molecular weight excluding hydrogens is 526 g/mol. The molecule has 0 aliphatic rings. The van der Waals surface area contributed by atoms with E-state index in [-0.39, 0.29) is 0 Å². The van der Waals surface area contributed by atoms with Crippen molar-refractivity contribution in [3.63, 3.8) is 0 Å². The molecule has 5 nitrogen and oxygen atoms in total. The zero-order valence-electron chi connectivity index (χ0n) is 23.0. The number of hydrogen-bond acceptors (Lipinski definition) is 4. The highest BCUT2D eigenvalue weighted by atomic mass is 15.0. The first kappa shape index (κ1) is 23.7. The van der Waals surface area contributed by atoms with Gasteiger partial charge in [-0.05, 0) is 65.4 Å². The third kappa shape index (κ3) is 3.65. The second kappa shape index (κ2) is 9.29. The average Bonchev–Trinajstić information content (AvgIpc) is 3.42. The van der Waals surface area contributed by atoms with E-state index >= 15 is 0 Å². The molecule has 5 heteroatoms. The lowest BCUT2D eigenvalue weighted by Gasteiger charge is -2.13. The minimum Gasteiger partial charge on any atom is -0.309 e. The summed E-state index contributed by atoms with van der Waals surface area (Å²) in [6.07, 6.45) is 9.26. The molecule has 0 radical (unpaired) electrons. The van der Waals surface area contributed by atoms with Crippen molar-refractivity contribution in [1.82, 2.24) is 24.5 Å². The molecule has 43 heavy (non-hydrogen) atoms. The molecule has 0 saturated carbocycles. The first-order chi connectivity index (χ1) is 21.3. The Balaban J connectivity index is 1.34. The van der Waals surface area contributed by atoms with Crippen LogP contribution in [0.4, 0.5) is 0 Å². The number of rotatable bonds is 3. The molecule has 0 saturated heterocycles. The zero-order chi connectivity index (χ0) is 28.3. The van der Waals surface area contributed by atoms with Crippen LogP contribution in [0.2, 0.25) is 0 Å². The van der Waals surface area contributed by atoms with E-state index < -0.39 is 0 Å². The van der Waals surface area contributed by atoms with Crippen molar-refractivity contribution in [2.24, 2.45) is 0 Å². The largest absolute Gasteiger partial charge is 0.309 e. The molecule has 0 aliphatic heterocycles. The topological polar surface area (TPSA) is 56.5 Å². The van der Waals surface area contributed by atoms with Crippen LogP contribution in [0.5, 0.6) is 0 Å². The molecular formula is C38H23N5. The fourth-order valence-corrected chi connectivity index (χ4v) is 6.42. The van der Waals surface area contributed by atoms with Gasteiger partial charge in [-0.25, -0.2) is 0 Å². The molecule has 9 rings (SSSR count). The summed E-state index contributed by atoms with van der Waals surface area (Å²) in [5, 5.41) is 6.99. The van der Waals surface area contributed by atoms with Crippen LogP contribution in [-0.2, 0) is 0 Å². The van der Waals surface area contributed by atoms with Crippen LogP contribution in [0, 0.1) is 0 Å². The second-order valence-corrected chi connectivity index (χ2v) is 10.8. The molecule has 0 atom stereocenters. The Morgan fingerprint density at radius 1 is 0.465 bits per heavy atom. The van der Waals surface area contributed by atoms with Crippen molar-refractivity contribution in [3.05, 3.63) is 140 Å². The van der Waals surface area contributed by atoms with Crippen molar-refractivity contribution in [3.8, 4) is 28.1 Å². The van der Waals surface area contributed by atoms with Crippen LogP contribution in [0.15, 0.2) is 140 Å². The van der Waals surface area contributed by atoms with E-state index in [9.17, 15) is 0 Å². The molecule has 5 aromatic heterocycles. The minimum absolute atomic E-state index is 0.904. The van der Waals surface area contributed by atoms with E-state index in [1.165, 1.54) is 21.5 Å². The summed E-state index contributed by atoms with van der Waals surface area (Å²) in [4.78, 5) is 18.6. The Bertz CT molecular complexity index is 2500. The third-order valence-electron chi connectivity index (χ3n) is 8.39. The maximum atomic E-state index is 4.86. The summed E-state index contributed by atoms with van der Waals surface area (Å²) in [5.41, 5.74) is 9.30. The predicted octanol–water partition coefficient (Wildman–Crippen LogP) is 9.16. The van der Waals surface area contributed by atoms with Crippen molar-refractivity contribution in [1.29, 1.82) is 0 Å². The van der Waals surface area contributed by atoms with Crippen molar-refractivity contribution in [2.75, 3.05) is 0 Å². The molecule has 0 amide bonds. The molecule has 9 aromatic rings. The van der Waals surface area contributed by atoms with Gasteiger partial charge in [0.15, 0.2) is 0 Å². The highest BCUT2D eigenvalue weighted by Crippen LogP contribution is 2.40. The smallest absolute Gasteiger partial charge is 0.0985 e. The molecule has 200 valence electrons. The Kier molecular flexibility index (Phi) is 5.13. The summed E-state index contributed by atoms with van der Waals surface area (Å²) >= 11 is 0. The van der Waals surface area contributed by atoms with E-state index in [1.54, 1.807) is 6.20 Å². The highest BCUT2D eigenvalue weighted by Gasteiger charge is 2.19. The van der Waals surface area contributed by atoms with Crippen LogP contribution in [0.25, 0.3) is 82.5 Å². The summed E-state index contributed by atoms with van der Waals surface area (Å²) in [6.45, 7) is 0. The molecule has 0 N–H and O–H groups in total. The summed E-state index contributed by atoms with van der Waals surface area (Å²) in [7, 11) is 0. The van der Waals surface area contributed by atoms with Gasteiger partial charge in [0.1, 0.15) is 0 Å². The zero-order valence-corrected chi connectivity index (χ0v) is 23.0. The van der Waals surface area contributed by atoms with E-state index in [2.05, 4.69) is 106 Å². The highest BCUT2D eigenvalue weighted by molar-refractivity contribution is 6.22. The Morgan fingerprint density at radius 2 is 1.23 bits per heavy atom. The second-order valence-electron chi connectivity index (χ2n) is 10.8. The van der Waals surface area contributed by atoms with E-state index in [4.69, 9.17) is 9.97 Å². The lowest BCUT2D eigenvalue weighted by atomic mass is 10.0. The normalized spacial score (nSPS) is 11.7. The van der Waals surface area contributed by atoms with Gasteiger partial charge in [0, 0.05) is 69.2 Å². The molecule has 0 bridgehead atoms. The van der Waals surface area contributed by atoms with Gasteiger partial charge in [-0.2, -0.15) is 0 Å². The van der Waals surface area contributed by atoms with Crippen LogP contribution in [-0.4, -0.2) is 24.5 Å². The number of pyridine rings is 4. The van der Waals surface area contributed by atoms with Crippen LogP contribution in [0.3, 0.4) is 0 Å². The minimum atomic E-state index is 0.904. The fraction of sp³-hybridized carbons (Fsp3) is 0. The van der Waals surface area contributed by atoms with Gasteiger partial charge in [0.2, 0.25) is 0 Å². The lowest BCUT2D eigenvalue weighted by molar-refractivity contribution is 1.20. The quantitative estimate of drug-likeness (QED) is 0.206. The van der Waals surface area contributed by atoms with Crippen molar-refractivity contribution < 1.29 is 0 Å². The average molecular weight is 550 g/mol. The molecule has 0 fully saturated rings. The van der Waals surface area contributed by atoms with Gasteiger partial charge in [-0.1, -0.05) is 54.6 Å². The van der Waals surface area contributed by atoms with Crippen LogP contribution < -0.4 is 0 Å². The number of hydrogen-bond donors (Lipinski definition) is 0. The number of aromatic nitrogens is 5. The third-order valence-corrected chi connectivity index (χ3v) is 8.39. The maximum Gasteiger partial charge on any atom is 0.0985 e. The van der Waals surface area contributed by atoms with E-state index in [1.807, 2.05) is 43.0 Å². The summed E-state index contributed by atoms with van der Waals surface area (Å²) in [6, 6.07) is 38.5. The van der Waals surface area contributed by atoms with Crippen LogP contribution in [0.1, 0.15) is 0 Å². The Labute approximate surface area is 246 Å². The van der Waals surface area contributed by atoms with Crippen molar-refractivity contribution in [2.45, 2.75) is 0 Å². The van der Waals surface area contributed by atoms with Gasteiger partial charge in [-0.15, -0.1) is 0 Å². The summed E-state index contributed by atoms with van der Waals surface area (Å²) < 4.78 is 2.39. The molecule has 4 aromatic carbocycles.